The molecule has 2 N–H and O–H groups in total. The summed E-state index contributed by atoms with van der Waals surface area (Å²) in [5.74, 6) is -0.0344. The normalized spacial score (nSPS) is 13.6. The number of carbonyl (C=O) groups is 1. The van der Waals surface area contributed by atoms with Crippen molar-refractivity contribution in [3.63, 3.8) is 0 Å². The first-order chi connectivity index (χ1) is 11.5. The molecule has 0 saturated carbocycles. The van der Waals surface area contributed by atoms with E-state index in [0.717, 1.165) is 12.8 Å². The summed E-state index contributed by atoms with van der Waals surface area (Å²) in [6.45, 7) is 7.62. The highest BCUT2D eigenvalue weighted by Crippen LogP contribution is 2.16. The van der Waals surface area contributed by atoms with Crippen LogP contribution >= 0.6 is 0 Å². The predicted octanol–water partition coefficient (Wildman–Crippen LogP) is 6.72. The molecule has 0 heterocycles. The van der Waals surface area contributed by atoms with Crippen molar-refractivity contribution in [1.82, 2.24) is 0 Å². The molecule has 0 aromatic rings. The largest absolute Gasteiger partial charge is 0.319 e. The van der Waals surface area contributed by atoms with Gasteiger partial charge in [-0.1, -0.05) is 110 Å². The molecule has 0 saturated heterocycles. The average Bonchev–Trinajstić information content (AvgIpc) is 2.57. The SMILES string of the molecule is C=CC(=O)C(C)(N)CCCCCCCCCCCCCCCCC. The van der Waals surface area contributed by atoms with Crippen LogP contribution in [-0.2, 0) is 4.79 Å². The smallest absolute Gasteiger partial charge is 0.174 e. The van der Waals surface area contributed by atoms with E-state index in [4.69, 9.17) is 5.73 Å². The molecule has 0 rings (SSSR count). The van der Waals surface area contributed by atoms with Crippen molar-refractivity contribution < 1.29 is 4.79 Å². The third-order valence-electron chi connectivity index (χ3n) is 5.05. The number of unbranched alkanes of at least 4 members (excludes halogenated alkanes) is 14. The van der Waals surface area contributed by atoms with Crippen LogP contribution in [0.25, 0.3) is 0 Å². The van der Waals surface area contributed by atoms with Crippen LogP contribution in [0.5, 0.6) is 0 Å². The molecule has 0 fully saturated rings. The maximum Gasteiger partial charge on any atom is 0.174 e. The van der Waals surface area contributed by atoms with Crippen LogP contribution < -0.4 is 5.73 Å². The van der Waals surface area contributed by atoms with Gasteiger partial charge in [-0.2, -0.15) is 0 Å². The molecule has 0 aromatic heterocycles. The van der Waals surface area contributed by atoms with Gasteiger partial charge in [-0.05, 0) is 19.4 Å². The molecule has 24 heavy (non-hydrogen) atoms. The number of ketones is 1. The highest BCUT2D eigenvalue weighted by atomic mass is 16.1. The molecule has 1 unspecified atom stereocenters. The second-order valence-electron chi connectivity index (χ2n) is 7.69. The molecule has 0 spiro atoms. The lowest BCUT2D eigenvalue weighted by atomic mass is 9.90. The van der Waals surface area contributed by atoms with Gasteiger partial charge < -0.3 is 5.73 Å². The van der Waals surface area contributed by atoms with Crippen molar-refractivity contribution in [2.45, 2.75) is 122 Å². The van der Waals surface area contributed by atoms with Gasteiger partial charge in [-0.15, -0.1) is 0 Å². The minimum Gasteiger partial charge on any atom is -0.319 e. The Hall–Kier alpha value is -0.630. The van der Waals surface area contributed by atoms with Crippen LogP contribution in [0.2, 0.25) is 0 Å². The molecule has 1 atom stereocenters. The van der Waals surface area contributed by atoms with Crippen LogP contribution in [0, 0.1) is 0 Å². The van der Waals surface area contributed by atoms with Crippen molar-refractivity contribution in [3.05, 3.63) is 12.7 Å². The van der Waals surface area contributed by atoms with E-state index in [0.29, 0.717) is 0 Å². The van der Waals surface area contributed by atoms with Gasteiger partial charge in [-0.3, -0.25) is 4.79 Å². The van der Waals surface area contributed by atoms with Crippen molar-refractivity contribution in [2.75, 3.05) is 0 Å². The van der Waals surface area contributed by atoms with E-state index >= 15 is 0 Å². The van der Waals surface area contributed by atoms with Crippen LogP contribution in [0.3, 0.4) is 0 Å². The summed E-state index contributed by atoms with van der Waals surface area (Å²) >= 11 is 0. The van der Waals surface area contributed by atoms with Crippen LogP contribution in [-0.4, -0.2) is 11.3 Å². The first kappa shape index (κ1) is 23.4. The summed E-state index contributed by atoms with van der Waals surface area (Å²) in [5.41, 5.74) is 5.29. The first-order valence-corrected chi connectivity index (χ1v) is 10.5. The van der Waals surface area contributed by atoms with Crippen LogP contribution in [0.15, 0.2) is 12.7 Å². The van der Waals surface area contributed by atoms with Gasteiger partial charge in [0.1, 0.15) is 0 Å². The maximum absolute atomic E-state index is 11.6. The highest BCUT2D eigenvalue weighted by molar-refractivity contribution is 5.96. The summed E-state index contributed by atoms with van der Waals surface area (Å²) in [5, 5.41) is 0. The third-order valence-corrected chi connectivity index (χ3v) is 5.05. The van der Waals surface area contributed by atoms with E-state index in [9.17, 15) is 4.79 Å². The number of carbonyl (C=O) groups excluding carboxylic acids is 1. The lowest BCUT2D eigenvalue weighted by Crippen LogP contribution is -2.43. The van der Waals surface area contributed by atoms with Gasteiger partial charge in [0.05, 0.1) is 5.54 Å². The van der Waals surface area contributed by atoms with Crippen molar-refractivity contribution >= 4 is 5.78 Å². The van der Waals surface area contributed by atoms with Crippen molar-refractivity contribution in [3.8, 4) is 0 Å². The summed E-state index contributed by atoms with van der Waals surface area (Å²) in [4.78, 5) is 11.6. The first-order valence-electron chi connectivity index (χ1n) is 10.5. The second-order valence-corrected chi connectivity index (χ2v) is 7.69. The molecule has 0 bridgehead atoms. The fraction of sp³-hybridized carbons (Fsp3) is 0.864. The summed E-state index contributed by atoms with van der Waals surface area (Å²) in [7, 11) is 0. The van der Waals surface area contributed by atoms with Gasteiger partial charge in [0.15, 0.2) is 5.78 Å². The van der Waals surface area contributed by atoms with Gasteiger partial charge >= 0.3 is 0 Å². The molecule has 0 aliphatic carbocycles. The zero-order valence-corrected chi connectivity index (χ0v) is 16.6. The Morgan fingerprint density at radius 1 is 0.792 bits per heavy atom. The van der Waals surface area contributed by atoms with E-state index in [1.165, 1.54) is 96.0 Å². The Balaban J connectivity index is 3.23. The third kappa shape index (κ3) is 13.8. The molecule has 0 radical (unpaired) electrons. The molecular weight excluding hydrogens is 294 g/mol. The second kappa shape index (κ2) is 15.9. The standard InChI is InChI=1S/C22H43NO/c1-4-6-7-8-9-10-11-12-13-14-15-16-17-18-19-20-22(3,23)21(24)5-2/h5H,2,4,6-20,23H2,1,3H3. The number of hydrogen-bond donors (Lipinski definition) is 1. The van der Waals surface area contributed by atoms with Gasteiger partial charge in [0.25, 0.3) is 0 Å². The van der Waals surface area contributed by atoms with Gasteiger partial charge in [0.2, 0.25) is 0 Å². The van der Waals surface area contributed by atoms with Gasteiger partial charge in [-0.25, -0.2) is 0 Å². The Morgan fingerprint density at radius 2 is 1.12 bits per heavy atom. The van der Waals surface area contributed by atoms with E-state index in [1.54, 1.807) is 0 Å². The van der Waals surface area contributed by atoms with Crippen molar-refractivity contribution in [1.29, 1.82) is 0 Å². The lowest BCUT2D eigenvalue weighted by Gasteiger charge is -2.20. The Bertz CT molecular complexity index is 309. The number of nitrogens with two attached hydrogens (primary N) is 1. The van der Waals surface area contributed by atoms with Crippen molar-refractivity contribution in [2.24, 2.45) is 5.73 Å². The summed E-state index contributed by atoms with van der Waals surface area (Å²) < 4.78 is 0. The average molecular weight is 338 g/mol. The minimum absolute atomic E-state index is 0.0344. The van der Waals surface area contributed by atoms with Gasteiger partial charge in [0, 0.05) is 0 Å². The Labute approximate surface area is 151 Å². The lowest BCUT2D eigenvalue weighted by molar-refractivity contribution is -0.119. The summed E-state index contributed by atoms with van der Waals surface area (Å²) in [6.07, 6.45) is 22.5. The Kier molecular flexibility index (Phi) is 15.5. The fourth-order valence-electron chi connectivity index (χ4n) is 3.22. The molecule has 2 heteroatoms. The molecule has 0 aliphatic rings. The van der Waals surface area contributed by atoms with E-state index in [1.807, 2.05) is 6.92 Å². The van der Waals surface area contributed by atoms with E-state index in [-0.39, 0.29) is 5.78 Å². The molecule has 142 valence electrons. The van der Waals surface area contributed by atoms with E-state index < -0.39 is 5.54 Å². The highest BCUT2D eigenvalue weighted by Gasteiger charge is 2.24. The minimum atomic E-state index is -0.710. The topological polar surface area (TPSA) is 43.1 Å². The van der Waals surface area contributed by atoms with Crippen LogP contribution in [0.1, 0.15) is 117 Å². The fourth-order valence-corrected chi connectivity index (χ4v) is 3.22. The zero-order chi connectivity index (χ0) is 18.1. The molecule has 0 aromatic carbocycles. The molecule has 0 aliphatic heterocycles. The molecule has 0 amide bonds. The molecular formula is C22H43NO. The summed E-state index contributed by atoms with van der Waals surface area (Å²) in [6, 6.07) is 0. The molecule has 2 nitrogen and oxygen atoms in total. The van der Waals surface area contributed by atoms with Crippen LogP contribution in [0.4, 0.5) is 0 Å². The zero-order valence-electron chi connectivity index (χ0n) is 16.6. The number of rotatable bonds is 18. The predicted molar refractivity (Wildman–Crippen MR) is 107 cm³/mol. The Morgan fingerprint density at radius 3 is 1.46 bits per heavy atom. The van der Waals surface area contributed by atoms with E-state index in [2.05, 4.69) is 13.5 Å². The quantitative estimate of drug-likeness (QED) is 0.223. The number of hydrogen-bond acceptors (Lipinski definition) is 2. The maximum atomic E-state index is 11.6. The monoisotopic (exact) mass is 337 g/mol.